The van der Waals surface area contributed by atoms with Crippen LogP contribution in [0, 0.1) is 0 Å². The summed E-state index contributed by atoms with van der Waals surface area (Å²) < 4.78 is 15.1. The average Bonchev–Trinajstić information content (AvgIpc) is 3.09. The highest BCUT2D eigenvalue weighted by molar-refractivity contribution is 5.71. The molecule has 1 N–H and O–H groups in total. The van der Waals surface area contributed by atoms with Crippen LogP contribution in [0.4, 0.5) is 0 Å². The van der Waals surface area contributed by atoms with Gasteiger partial charge < -0.3 is 19.5 Å². The van der Waals surface area contributed by atoms with E-state index in [1.165, 1.54) is 12.8 Å². The highest BCUT2D eigenvalue weighted by atomic mass is 16.5. The minimum atomic E-state index is -0.177. The lowest BCUT2D eigenvalue weighted by Gasteiger charge is -2.06. The van der Waals surface area contributed by atoms with Gasteiger partial charge in [0, 0.05) is 26.2 Å². The molecule has 94 valence electrons. The van der Waals surface area contributed by atoms with E-state index in [0.717, 1.165) is 6.42 Å². The predicted molar refractivity (Wildman–Crippen MR) is 59.3 cm³/mol. The van der Waals surface area contributed by atoms with Gasteiger partial charge in [0.1, 0.15) is 0 Å². The topological polar surface area (TPSA) is 56.8 Å². The molecule has 0 radical (unpaired) electrons. The number of methoxy groups -OCH3 is 1. The number of carbonyl (C=O) groups excluding carboxylic acids is 1. The van der Waals surface area contributed by atoms with Crippen molar-refractivity contribution < 1.29 is 19.0 Å². The summed E-state index contributed by atoms with van der Waals surface area (Å²) in [5.41, 5.74) is 0. The van der Waals surface area contributed by atoms with E-state index >= 15 is 0 Å². The van der Waals surface area contributed by atoms with Crippen LogP contribution in [-0.4, -0.2) is 52.1 Å². The van der Waals surface area contributed by atoms with Crippen LogP contribution in [0.5, 0.6) is 0 Å². The lowest BCUT2D eigenvalue weighted by atomic mass is 10.5. The molecule has 16 heavy (non-hydrogen) atoms. The van der Waals surface area contributed by atoms with E-state index in [-0.39, 0.29) is 5.97 Å². The molecule has 0 bridgehead atoms. The maximum Gasteiger partial charge on any atom is 0.319 e. The van der Waals surface area contributed by atoms with Crippen molar-refractivity contribution in [2.45, 2.75) is 25.3 Å². The first kappa shape index (κ1) is 13.4. The molecule has 0 aromatic carbocycles. The molecule has 0 saturated heterocycles. The third-order valence-corrected chi connectivity index (χ3v) is 2.24. The molecule has 1 aliphatic rings. The summed E-state index contributed by atoms with van der Waals surface area (Å²) in [4.78, 5) is 11.2. The molecule has 5 heteroatoms. The molecule has 1 fully saturated rings. The van der Waals surface area contributed by atoms with E-state index in [0.29, 0.717) is 39.0 Å². The molecular formula is C11H21NO4. The Bertz CT molecular complexity index is 194. The van der Waals surface area contributed by atoms with E-state index in [2.05, 4.69) is 5.32 Å². The first-order valence-corrected chi connectivity index (χ1v) is 5.78. The third kappa shape index (κ3) is 7.62. The summed E-state index contributed by atoms with van der Waals surface area (Å²) in [6, 6.07) is 0.546. The second kappa shape index (κ2) is 8.50. The minimum absolute atomic E-state index is 0.177. The van der Waals surface area contributed by atoms with Crippen molar-refractivity contribution in [3.8, 4) is 0 Å². The maximum absolute atomic E-state index is 11.2. The normalized spacial score (nSPS) is 15.1. The lowest BCUT2D eigenvalue weighted by molar-refractivity contribution is -0.143. The predicted octanol–water partition coefficient (Wildman–Crippen LogP) is 0.335. The molecule has 0 heterocycles. The molecule has 0 atom stereocenters. The second-order valence-corrected chi connectivity index (χ2v) is 3.83. The summed E-state index contributed by atoms with van der Waals surface area (Å²) in [5, 5.41) is 3.10. The van der Waals surface area contributed by atoms with Gasteiger partial charge in [0.2, 0.25) is 0 Å². The summed E-state index contributed by atoms with van der Waals surface area (Å²) >= 11 is 0. The van der Waals surface area contributed by atoms with E-state index < -0.39 is 0 Å². The van der Waals surface area contributed by atoms with Crippen LogP contribution < -0.4 is 5.32 Å². The number of hydrogen-bond acceptors (Lipinski definition) is 5. The minimum Gasteiger partial charge on any atom is -0.465 e. The van der Waals surface area contributed by atoms with Gasteiger partial charge in [-0.3, -0.25) is 4.79 Å². The van der Waals surface area contributed by atoms with Crippen LogP contribution in [0.1, 0.15) is 19.3 Å². The quantitative estimate of drug-likeness (QED) is 0.434. The van der Waals surface area contributed by atoms with Crippen LogP contribution in [-0.2, 0) is 19.0 Å². The van der Waals surface area contributed by atoms with Gasteiger partial charge in [0.15, 0.2) is 0 Å². The van der Waals surface area contributed by atoms with Gasteiger partial charge in [-0.2, -0.15) is 0 Å². The lowest BCUT2D eigenvalue weighted by Crippen LogP contribution is -2.26. The van der Waals surface area contributed by atoms with Crippen LogP contribution in [0.25, 0.3) is 0 Å². The van der Waals surface area contributed by atoms with E-state index in [4.69, 9.17) is 14.2 Å². The number of ether oxygens (including phenoxy) is 3. The summed E-state index contributed by atoms with van der Waals surface area (Å²) in [6.07, 6.45) is 3.10. The van der Waals surface area contributed by atoms with Crippen molar-refractivity contribution in [2.24, 2.45) is 0 Å². The monoisotopic (exact) mass is 231 g/mol. The summed E-state index contributed by atoms with van der Waals surface area (Å²) in [5.74, 6) is -0.177. The molecule has 1 rings (SSSR count). The van der Waals surface area contributed by atoms with Crippen LogP contribution in [0.15, 0.2) is 0 Å². The molecule has 5 nitrogen and oxygen atoms in total. The molecule has 0 unspecified atom stereocenters. The van der Waals surface area contributed by atoms with Gasteiger partial charge in [-0.15, -0.1) is 0 Å². The number of esters is 1. The molecule has 0 aliphatic heterocycles. The third-order valence-electron chi connectivity index (χ3n) is 2.24. The Morgan fingerprint density at radius 1 is 1.25 bits per heavy atom. The van der Waals surface area contributed by atoms with Crippen LogP contribution >= 0.6 is 0 Å². The van der Waals surface area contributed by atoms with E-state index in [1.807, 2.05) is 0 Å². The first-order chi connectivity index (χ1) is 7.83. The fourth-order valence-electron chi connectivity index (χ4n) is 1.16. The van der Waals surface area contributed by atoms with E-state index in [9.17, 15) is 4.79 Å². The molecule has 0 amide bonds. The number of rotatable bonds is 10. The van der Waals surface area contributed by atoms with Crippen molar-refractivity contribution in [2.75, 3.05) is 40.1 Å². The number of nitrogens with one attached hydrogen (secondary N) is 1. The smallest absolute Gasteiger partial charge is 0.319 e. The Balaban J connectivity index is 1.76. The van der Waals surface area contributed by atoms with Crippen LogP contribution in [0.3, 0.4) is 0 Å². The van der Waals surface area contributed by atoms with Gasteiger partial charge in [-0.05, 0) is 12.8 Å². The molecule has 0 spiro atoms. The fourth-order valence-corrected chi connectivity index (χ4v) is 1.16. The Hall–Kier alpha value is -0.650. The zero-order valence-corrected chi connectivity index (χ0v) is 9.87. The fraction of sp³-hybridized carbons (Fsp3) is 0.909. The molecule has 1 aliphatic carbocycles. The van der Waals surface area contributed by atoms with Gasteiger partial charge in [0.25, 0.3) is 0 Å². The van der Waals surface area contributed by atoms with Gasteiger partial charge in [0.05, 0.1) is 26.4 Å². The average molecular weight is 231 g/mol. The number of hydrogen-bond donors (Lipinski definition) is 1. The molecular weight excluding hydrogens is 210 g/mol. The summed E-state index contributed by atoms with van der Waals surface area (Å²) in [6.45, 7) is 2.55. The number of carbonyl (C=O) groups is 1. The highest BCUT2D eigenvalue weighted by Crippen LogP contribution is 2.17. The maximum atomic E-state index is 11.2. The Morgan fingerprint density at radius 2 is 2.06 bits per heavy atom. The summed E-state index contributed by atoms with van der Waals surface area (Å²) in [7, 11) is 1.64. The van der Waals surface area contributed by atoms with Crippen molar-refractivity contribution in [1.82, 2.24) is 5.32 Å². The van der Waals surface area contributed by atoms with Crippen molar-refractivity contribution in [3.63, 3.8) is 0 Å². The standard InChI is InChI=1S/C11H21NO4/c1-14-7-8-15-5-2-6-16-11(13)9-12-10-3-4-10/h10,12H,2-9H2,1H3. The molecule has 0 aromatic heterocycles. The largest absolute Gasteiger partial charge is 0.465 e. The Morgan fingerprint density at radius 3 is 2.75 bits per heavy atom. The Labute approximate surface area is 96.4 Å². The zero-order chi connectivity index (χ0) is 11.6. The van der Waals surface area contributed by atoms with Gasteiger partial charge in [-0.25, -0.2) is 0 Å². The highest BCUT2D eigenvalue weighted by Gasteiger charge is 2.21. The van der Waals surface area contributed by atoms with Gasteiger partial charge >= 0.3 is 5.97 Å². The Kier molecular flexibility index (Phi) is 7.12. The van der Waals surface area contributed by atoms with Crippen molar-refractivity contribution in [3.05, 3.63) is 0 Å². The zero-order valence-electron chi connectivity index (χ0n) is 9.87. The van der Waals surface area contributed by atoms with Crippen molar-refractivity contribution >= 4 is 5.97 Å². The van der Waals surface area contributed by atoms with Gasteiger partial charge in [-0.1, -0.05) is 0 Å². The van der Waals surface area contributed by atoms with Crippen molar-refractivity contribution in [1.29, 1.82) is 0 Å². The second-order valence-electron chi connectivity index (χ2n) is 3.83. The van der Waals surface area contributed by atoms with E-state index in [1.54, 1.807) is 7.11 Å². The molecule has 1 saturated carbocycles. The van der Waals surface area contributed by atoms with Crippen LogP contribution in [0.2, 0.25) is 0 Å². The molecule has 0 aromatic rings. The first-order valence-electron chi connectivity index (χ1n) is 5.78. The SMILES string of the molecule is COCCOCCCOC(=O)CNC1CC1.